The number of anilines is 1. The van der Waals surface area contributed by atoms with Gasteiger partial charge in [-0.2, -0.15) is 0 Å². The van der Waals surface area contributed by atoms with Gasteiger partial charge < -0.3 is 20.4 Å². The van der Waals surface area contributed by atoms with E-state index in [2.05, 4.69) is 15.6 Å². The molecule has 2 aromatic carbocycles. The SMILES string of the molecule is CCNC(=NCc1ccc(N(CC)CC)c(F)c1)NCCc1cccc(C(=O)N(C)C)c1.I. The van der Waals surface area contributed by atoms with Gasteiger partial charge in [0.2, 0.25) is 0 Å². The third kappa shape index (κ3) is 8.83. The highest BCUT2D eigenvalue weighted by atomic mass is 127. The van der Waals surface area contributed by atoms with Gasteiger partial charge in [0.05, 0.1) is 12.2 Å². The zero-order chi connectivity index (χ0) is 23.5. The summed E-state index contributed by atoms with van der Waals surface area (Å²) < 4.78 is 14.5. The number of halogens is 2. The Morgan fingerprint density at radius 2 is 1.73 bits per heavy atom. The number of rotatable bonds is 10. The van der Waals surface area contributed by atoms with Crippen LogP contribution in [0.15, 0.2) is 47.5 Å². The highest BCUT2D eigenvalue weighted by Gasteiger charge is 2.10. The lowest BCUT2D eigenvalue weighted by molar-refractivity contribution is 0.0827. The van der Waals surface area contributed by atoms with Gasteiger partial charge in [-0.1, -0.05) is 18.2 Å². The van der Waals surface area contributed by atoms with Gasteiger partial charge in [0.25, 0.3) is 5.91 Å². The van der Waals surface area contributed by atoms with Gasteiger partial charge in [0.15, 0.2) is 5.96 Å². The van der Waals surface area contributed by atoms with Crippen LogP contribution in [-0.4, -0.2) is 57.0 Å². The minimum absolute atomic E-state index is 0. The van der Waals surface area contributed by atoms with Gasteiger partial charge in [-0.15, -0.1) is 24.0 Å². The molecule has 2 N–H and O–H groups in total. The number of carbonyl (C=O) groups is 1. The molecule has 0 aliphatic heterocycles. The van der Waals surface area contributed by atoms with Crippen molar-refractivity contribution in [2.45, 2.75) is 33.7 Å². The van der Waals surface area contributed by atoms with Crippen LogP contribution in [0, 0.1) is 5.82 Å². The highest BCUT2D eigenvalue weighted by molar-refractivity contribution is 14.0. The quantitative estimate of drug-likeness (QED) is 0.255. The molecule has 0 saturated heterocycles. The first-order valence-corrected chi connectivity index (χ1v) is 11.3. The summed E-state index contributed by atoms with van der Waals surface area (Å²) in [6.07, 6.45) is 0.756. The number of carbonyl (C=O) groups excluding carboxylic acids is 1. The van der Waals surface area contributed by atoms with Gasteiger partial charge in [0, 0.05) is 45.8 Å². The van der Waals surface area contributed by atoms with Crippen molar-refractivity contribution < 1.29 is 9.18 Å². The summed E-state index contributed by atoms with van der Waals surface area (Å²) in [4.78, 5) is 20.3. The van der Waals surface area contributed by atoms with Crippen molar-refractivity contribution in [1.82, 2.24) is 15.5 Å². The highest BCUT2D eigenvalue weighted by Crippen LogP contribution is 2.20. The zero-order valence-electron chi connectivity index (χ0n) is 20.3. The molecule has 0 radical (unpaired) electrons. The average molecular weight is 570 g/mol. The molecule has 6 nitrogen and oxygen atoms in total. The Bertz CT molecular complexity index is 915. The Morgan fingerprint density at radius 1 is 1.00 bits per heavy atom. The summed E-state index contributed by atoms with van der Waals surface area (Å²) in [6, 6.07) is 13.0. The predicted octanol–water partition coefficient (Wildman–Crippen LogP) is 4.29. The van der Waals surface area contributed by atoms with Crippen LogP contribution in [0.3, 0.4) is 0 Å². The normalized spacial score (nSPS) is 10.9. The van der Waals surface area contributed by atoms with Crippen LogP contribution < -0.4 is 15.5 Å². The number of amides is 1. The molecule has 0 heterocycles. The van der Waals surface area contributed by atoms with E-state index in [1.54, 1.807) is 25.1 Å². The molecular formula is C25H37FIN5O. The fourth-order valence-electron chi connectivity index (χ4n) is 3.42. The second-order valence-corrected chi connectivity index (χ2v) is 7.73. The number of aliphatic imine (C=N–C) groups is 1. The molecular weight excluding hydrogens is 532 g/mol. The maximum atomic E-state index is 14.5. The van der Waals surface area contributed by atoms with Gasteiger partial charge >= 0.3 is 0 Å². The number of nitrogens with one attached hydrogen (secondary N) is 2. The molecule has 33 heavy (non-hydrogen) atoms. The molecule has 0 aliphatic rings. The van der Waals surface area contributed by atoms with Gasteiger partial charge in [-0.25, -0.2) is 9.38 Å². The number of hydrogen-bond acceptors (Lipinski definition) is 3. The predicted molar refractivity (Wildman–Crippen MR) is 146 cm³/mol. The van der Waals surface area contributed by atoms with Crippen LogP contribution in [0.4, 0.5) is 10.1 Å². The van der Waals surface area contributed by atoms with Gasteiger partial charge in [0.1, 0.15) is 5.82 Å². The van der Waals surface area contributed by atoms with Crippen molar-refractivity contribution in [3.63, 3.8) is 0 Å². The Kier molecular flexibility index (Phi) is 12.8. The molecule has 8 heteroatoms. The second kappa shape index (κ2) is 14.7. The van der Waals surface area contributed by atoms with E-state index in [-0.39, 0.29) is 35.7 Å². The molecule has 2 rings (SSSR count). The standard InChI is InChI=1S/C25H36FN5O.HI/c1-6-27-25(28-15-14-19-10-9-11-21(16-19)24(32)30(4)5)29-18-20-12-13-23(22(26)17-20)31(7-2)8-3;/h9-13,16-17H,6-8,14-15,18H2,1-5H3,(H2,27,28,29);1H. The Labute approximate surface area is 214 Å². The van der Waals surface area contributed by atoms with Gasteiger partial charge in [-0.3, -0.25) is 4.79 Å². The monoisotopic (exact) mass is 569 g/mol. The summed E-state index contributed by atoms with van der Waals surface area (Å²) in [5, 5.41) is 6.54. The van der Waals surface area contributed by atoms with E-state index in [1.807, 2.05) is 62.1 Å². The van der Waals surface area contributed by atoms with Crippen LogP contribution in [0.2, 0.25) is 0 Å². The van der Waals surface area contributed by atoms with Crippen molar-refractivity contribution in [2.75, 3.05) is 45.2 Å². The van der Waals surface area contributed by atoms with E-state index in [1.165, 1.54) is 0 Å². The van der Waals surface area contributed by atoms with E-state index in [0.717, 1.165) is 37.2 Å². The van der Waals surface area contributed by atoms with Crippen molar-refractivity contribution in [3.8, 4) is 0 Å². The lowest BCUT2D eigenvalue weighted by Crippen LogP contribution is -2.38. The van der Waals surface area contributed by atoms with Gasteiger partial charge in [-0.05, 0) is 62.6 Å². The van der Waals surface area contributed by atoms with Crippen LogP contribution in [0.5, 0.6) is 0 Å². The van der Waals surface area contributed by atoms with Crippen molar-refractivity contribution in [2.24, 2.45) is 4.99 Å². The maximum Gasteiger partial charge on any atom is 0.253 e. The van der Waals surface area contributed by atoms with Crippen LogP contribution in [-0.2, 0) is 13.0 Å². The van der Waals surface area contributed by atoms with E-state index < -0.39 is 0 Å². The third-order valence-corrected chi connectivity index (χ3v) is 5.17. The lowest BCUT2D eigenvalue weighted by Gasteiger charge is -2.21. The summed E-state index contributed by atoms with van der Waals surface area (Å²) >= 11 is 0. The third-order valence-electron chi connectivity index (χ3n) is 5.17. The molecule has 0 aromatic heterocycles. The van der Waals surface area contributed by atoms with Crippen LogP contribution in [0.25, 0.3) is 0 Å². The summed E-state index contributed by atoms with van der Waals surface area (Å²) in [7, 11) is 3.50. The summed E-state index contributed by atoms with van der Waals surface area (Å²) in [5.74, 6) is 0.460. The first-order valence-electron chi connectivity index (χ1n) is 11.3. The van der Waals surface area contributed by atoms with Crippen molar-refractivity contribution >= 4 is 41.5 Å². The Balaban J connectivity index is 0.00000544. The molecule has 0 unspecified atom stereocenters. The topological polar surface area (TPSA) is 60.0 Å². The zero-order valence-corrected chi connectivity index (χ0v) is 22.7. The lowest BCUT2D eigenvalue weighted by atomic mass is 10.1. The molecule has 0 atom stereocenters. The number of nitrogens with zero attached hydrogens (tertiary/aromatic N) is 3. The molecule has 182 valence electrons. The molecule has 0 aliphatic carbocycles. The molecule has 2 aromatic rings. The average Bonchev–Trinajstić information content (AvgIpc) is 2.79. The molecule has 0 bridgehead atoms. The first-order chi connectivity index (χ1) is 15.4. The summed E-state index contributed by atoms with van der Waals surface area (Å²) in [5.41, 5.74) is 3.21. The summed E-state index contributed by atoms with van der Waals surface area (Å²) in [6.45, 7) is 9.37. The van der Waals surface area contributed by atoms with Crippen LogP contribution in [0.1, 0.15) is 42.3 Å². The van der Waals surface area contributed by atoms with Crippen molar-refractivity contribution in [3.05, 3.63) is 65.0 Å². The molecule has 1 amide bonds. The van der Waals surface area contributed by atoms with E-state index in [0.29, 0.717) is 30.3 Å². The fourth-order valence-corrected chi connectivity index (χ4v) is 3.42. The molecule has 0 saturated carbocycles. The smallest absolute Gasteiger partial charge is 0.253 e. The molecule has 0 spiro atoms. The van der Waals surface area contributed by atoms with E-state index in [9.17, 15) is 9.18 Å². The largest absolute Gasteiger partial charge is 0.370 e. The number of benzene rings is 2. The minimum Gasteiger partial charge on any atom is -0.370 e. The molecule has 0 fully saturated rings. The van der Waals surface area contributed by atoms with E-state index >= 15 is 0 Å². The van der Waals surface area contributed by atoms with Crippen LogP contribution >= 0.6 is 24.0 Å². The van der Waals surface area contributed by atoms with E-state index in [4.69, 9.17) is 0 Å². The number of guanidine groups is 1. The fraction of sp³-hybridized carbons (Fsp3) is 0.440. The van der Waals surface area contributed by atoms with Crippen molar-refractivity contribution in [1.29, 1.82) is 0 Å². The Hall–Kier alpha value is -2.36. The first kappa shape index (κ1) is 28.7. The second-order valence-electron chi connectivity index (χ2n) is 7.73. The Morgan fingerprint density at radius 3 is 2.33 bits per heavy atom. The maximum absolute atomic E-state index is 14.5. The number of hydrogen-bond donors (Lipinski definition) is 2. The minimum atomic E-state index is -0.216.